The van der Waals surface area contributed by atoms with Crippen LogP contribution in [0.5, 0.6) is 0 Å². The Morgan fingerprint density at radius 3 is 2.52 bits per heavy atom. The van der Waals surface area contributed by atoms with E-state index in [-0.39, 0.29) is 15.6 Å². The number of carbonyl (C=O) groups excluding carboxylic acids is 1. The van der Waals surface area contributed by atoms with E-state index in [1.165, 1.54) is 25.1 Å². The van der Waals surface area contributed by atoms with Gasteiger partial charge in [0.2, 0.25) is 5.91 Å². The highest BCUT2D eigenvalue weighted by Gasteiger charge is 2.33. The zero-order valence-corrected chi connectivity index (χ0v) is 14.2. The first-order valence-corrected chi connectivity index (χ1v) is 8.54. The van der Waals surface area contributed by atoms with Gasteiger partial charge in [-0.1, -0.05) is 18.5 Å². The van der Waals surface area contributed by atoms with Gasteiger partial charge in [-0.25, -0.2) is 8.42 Å². The van der Waals surface area contributed by atoms with Gasteiger partial charge in [-0.2, -0.15) is 0 Å². The van der Waals surface area contributed by atoms with Crippen LogP contribution in [0, 0.1) is 0 Å². The number of anilines is 1. The number of nitrogen functional groups attached to an aromatic ring is 1. The van der Waals surface area contributed by atoms with Crippen molar-refractivity contribution in [3.05, 3.63) is 23.2 Å². The van der Waals surface area contributed by atoms with E-state index in [4.69, 9.17) is 17.3 Å². The van der Waals surface area contributed by atoms with Gasteiger partial charge in [-0.15, -0.1) is 0 Å². The number of halogens is 1. The predicted molar refractivity (Wildman–Crippen MR) is 85.0 cm³/mol. The minimum absolute atomic E-state index is 0.0776. The van der Waals surface area contributed by atoms with Gasteiger partial charge in [-0.3, -0.25) is 4.79 Å². The summed E-state index contributed by atoms with van der Waals surface area (Å²) in [6.45, 7) is 6.92. The maximum absolute atomic E-state index is 12.5. The fraction of sp³-hybridized carbons (Fsp3) is 0.500. The Bertz CT molecular complexity index is 642. The van der Waals surface area contributed by atoms with Crippen molar-refractivity contribution in [3.8, 4) is 0 Å². The van der Waals surface area contributed by atoms with Crippen molar-refractivity contribution < 1.29 is 13.2 Å². The molecule has 1 unspecified atom stereocenters. The van der Waals surface area contributed by atoms with Gasteiger partial charge in [0.15, 0.2) is 9.84 Å². The maximum atomic E-state index is 12.5. The van der Waals surface area contributed by atoms with Gasteiger partial charge in [-0.05, 0) is 45.4 Å². The van der Waals surface area contributed by atoms with E-state index in [2.05, 4.69) is 5.32 Å². The minimum atomic E-state index is -3.89. The molecule has 0 saturated carbocycles. The molecule has 0 radical (unpaired) electrons. The second-order valence-corrected chi connectivity index (χ2v) is 8.27. The molecule has 1 aromatic carbocycles. The molecule has 1 rings (SSSR count). The summed E-state index contributed by atoms with van der Waals surface area (Å²) in [5, 5.41) is 1.73. The third kappa shape index (κ3) is 4.11. The number of sulfone groups is 1. The molecule has 0 heterocycles. The summed E-state index contributed by atoms with van der Waals surface area (Å²) in [5.74, 6) is -0.554. The van der Waals surface area contributed by atoms with Gasteiger partial charge >= 0.3 is 0 Å². The molecule has 7 heteroatoms. The number of nitrogens with two attached hydrogens (primary N) is 1. The van der Waals surface area contributed by atoms with Crippen LogP contribution in [0.2, 0.25) is 5.02 Å². The Morgan fingerprint density at radius 1 is 1.43 bits per heavy atom. The molecule has 0 saturated heterocycles. The molecule has 0 aliphatic carbocycles. The number of benzene rings is 1. The van der Waals surface area contributed by atoms with Crippen molar-refractivity contribution >= 4 is 33.0 Å². The van der Waals surface area contributed by atoms with E-state index in [1.54, 1.807) is 0 Å². The molecule has 5 nitrogen and oxygen atoms in total. The summed E-state index contributed by atoms with van der Waals surface area (Å²) < 4.78 is 25.0. The number of hydrogen-bond donors (Lipinski definition) is 2. The molecule has 0 aliphatic heterocycles. The first-order chi connectivity index (χ1) is 9.51. The van der Waals surface area contributed by atoms with Crippen LogP contribution in [-0.2, 0) is 14.6 Å². The molecule has 1 atom stereocenters. The van der Waals surface area contributed by atoms with Crippen molar-refractivity contribution in [2.45, 2.75) is 49.8 Å². The Balaban J connectivity index is 3.13. The van der Waals surface area contributed by atoms with E-state index in [9.17, 15) is 13.2 Å². The first-order valence-electron chi connectivity index (χ1n) is 6.62. The normalized spacial score (nSPS) is 13.8. The summed E-state index contributed by atoms with van der Waals surface area (Å²) in [4.78, 5) is 12.1. The van der Waals surface area contributed by atoms with E-state index in [1.807, 2.05) is 20.8 Å². The highest BCUT2D eigenvalue weighted by molar-refractivity contribution is 7.93. The number of nitrogens with one attached hydrogen (secondary N) is 1. The topological polar surface area (TPSA) is 89.3 Å². The summed E-state index contributed by atoms with van der Waals surface area (Å²) in [5.41, 5.74) is 5.30. The highest BCUT2D eigenvalue weighted by atomic mass is 35.5. The molecule has 0 spiro atoms. The Labute approximate surface area is 130 Å². The molecule has 118 valence electrons. The lowest BCUT2D eigenvalue weighted by Crippen LogP contribution is -2.48. The van der Waals surface area contributed by atoms with E-state index in [0.717, 1.165) is 0 Å². The Morgan fingerprint density at radius 2 is 2.00 bits per heavy atom. The van der Waals surface area contributed by atoms with Crippen molar-refractivity contribution in [2.75, 3.05) is 5.73 Å². The van der Waals surface area contributed by atoms with Crippen LogP contribution in [0.1, 0.15) is 34.1 Å². The molecule has 0 fully saturated rings. The van der Waals surface area contributed by atoms with E-state index < -0.39 is 26.5 Å². The first kappa shape index (κ1) is 17.8. The van der Waals surface area contributed by atoms with Gasteiger partial charge in [0.05, 0.1) is 10.6 Å². The quantitative estimate of drug-likeness (QED) is 0.810. The molecule has 1 aromatic rings. The number of amides is 1. The average Bonchev–Trinajstić information content (AvgIpc) is 2.39. The third-order valence-electron chi connectivity index (χ3n) is 3.46. The van der Waals surface area contributed by atoms with Gasteiger partial charge in [0, 0.05) is 10.6 Å². The zero-order valence-electron chi connectivity index (χ0n) is 12.6. The van der Waals surface area contributed by atoms with Crippen molar-refractivity contribution in [2.24, 2.45) is 0 Å². The van der Waals surface area contributed by atoms with Crippen molar-refractivity contribution in [1.29, 1.82) is 0 Å². The third-order valence-corrected chi connectivity index (χ3v) is 5.81. The summed E-state index contributed by atoms with van der Waals surface area (Å²) >= 11 is 5.82. The molecule has 21 heavy (non-hydrogen) atoms. The molecular formula is C14H21ClN2O3S. The summed E-state index contributed by atoms with van der Waals surface area (Å²) in [7, 11) is -3.89. The molecule has 0 aromatic heterocycles. The van der Waals surface area contributed by atoms with Crippen LogP contribution in [0.3, 0.4) is 0 Å². The standard InChI is InChI=1S/C14H21ClN2O3S/c1-5-14(3,4)17-13(18)9(2)21(19,20)12-8-10(15)6-7-11(12)16/h6-9H,5,16H2,1-4H3,(H,17,18). The van der Waals surface area contributed by atoms with Crippen LogP contribution in [-0.4, -0.2) is 25.1 Å². The highest BCUT2D eigenvalue weighted by Crippen LogP contribution is 2.26. The van der Waals surface area contributed by atoms with Gasteiger partial charge in [0.1, 0.15) is 5.25 Å². The SMILES string of the molecule is CCC(C)(C)NC(=O)C(C)S(=O)(=O)c1cc(Cl)ccc1N. The lowest BCUT2D eigenvalue weighted by atomic mass is 10.0. The fourth-order valence-corrected chi connectivity index (χ4v) is 3.26. The van der Waals surface area contributed by atoms with E-state index in [0.29, 0.717) is 6.42 Å². The average molecular weight is 333 g/mol. The van der Waals surface area contributed by atoms with Gasteiger partial charge in [0.25, 0.3) is 0 Å². The van der Waals surface area contributed by atoms with Crippen molar-refractivity contribution in [3.63, 3.8) is 0 Å². The van der Waals surface area contributed by atoms with Crippen molar-refractivity contribution in [1.82, 2.24) is 5.32 Å². The number of hydrogen-bond acceptors (Lipinski definition) is 4. The lowest BCUT2D eigenvalue weighted by Gasteiger charge is -2.26. The summed E-state index contributed by atoms with van der Waals surface area (Å²) in [6, 6.07) is 4.18. The second-order valence-electron chi connectivity index (χ2n) is 5.60. The van der Waals surface area contributed by atoms with Crippen LogP contribution < -0.4 is 11.1 Å². The molecule has 0 bridgehead atoms. The number of carbonyl (C=O) groups is 1. The minimum Gasteiger partial charge on any atom is -0.398 e. The lowest BCUT2D eigenvalue weighted by molar-refractivity contribution is -0.122. The largest absolute Gasteiger partial charge is 0.398 e. The van der Waals surface area contributed by atoms with Gasteiger partial charge < -0.3 is 11.1 Å². The van der Waals surface area contributed by atoms with E-state index >= 15 is 0 Å². The van der Waals surface area contributed by atoms with Crippen LogP contribution in [0.25, 0.3) is 0 Å². The van der Waals surface area contributed by atoms with Crippen LogP contribution in [0.15, 0.2) is 23.1 Å². The summed E-state index contributed by atoms with van der Waals surface area (Å²) in [6.07, 6.45) is 0.685. The van der Waals surface area contributed by atoms with Crippen LogP contribution in [0.4, 0.5) is 5.69 Å². The smallest absolute Gasteiger partial charge is 0.238 e. The predicted octanol–water partition coefficient (Wildman–Crippen LogP) is 2.39. The molecule has 3 N–H and O–H groups in total. The van der Waals surface area contributed by atoms with Crippen LogP contribution >= 0.6 is 11.6 Å². The Kier molecular flexibility index (Phi) is 5.28. The second kappa shape index (κ2) is 6.23. The number of rotatable bonds is 5. The fourth-order valence-electron chi connectivity index (χ4n) is 1.61. The monoisotopic (exact) mass is 332 g/mol. The Hall–Kier alpha value is -1.27. The zero-order chi connectivity index (χ0) is 16.4. The molecular weight excluding hydrogens is 312 g/mol. The maximum Gasteiger partial charge on any atom is 0.238 e. The molecule has 0 aliphatic rings. The molecule has 1 amide bonds.